The Morgan fingerprint density at radius 1 is 1.27 bits per heavy atom. The minimum absolute atomic E-state index is 0.173. The fraction of sp³-hybridized carbons (Fsp3) is 0.158. The number of thioether (sulfide) groups is 1. The SMILES string of the molecule is COc1cc(C=C2SC(=S)NC2=O)cc(I)c1OCc1ccc(C)cc1. The maximum absolute atomic E-state index is 11.8. The first-order chi connectivity index (χ1) is 12.5. The maximum atomic E-state index is 11.8. The van der Waals surface area contributed by atoms with E-state index in [1.54, 1.807) is 13.2 Å². The molecule has 1 aliphatic heterocycles. The summed E-state index contributed by atoms with van der Waals surface area (Å²) in [7, 11) is 1.60. The van der Waals surface area contributed by atoms with E-state index in [0.717, 1.165) is 14.7 Å². The van der Waals surface area contributed by atoms with Crippen LogP contribution < -0.4 is 14.8 Å². The number of hydrogen-bond donors (Lipinski definition) is 1. The molecule has 0 saturated carbocycles. The van der Waals surface area contributed by atoms with Crippen LogP contribution in [0.3, 0.4) is 0 Å². The zero-order valence-electron chi connectivity index (χ0n) is 14.2. The Morgan fingerprint density at radius 2 is 2.00 bits per heavy atom. The van der Waals surface area contributed by atoms with E-state index in [2.05, 4.69) is 47.0 Å². The fourth-order valence-electron chi connectivity index (χ4n) is 2.38. The number of nitrogens with one attached hydrogen (secondary N) is 1. The smallest absolute Gasteiger partial charge is 0.263 e. The van der Waals surface area contributed by atoms with Gasteiger partial charge in [-0.15, -0.1) is 0 Å². The summed E-state index contributed by atoms with van der Waals surface area (Å²) in [6, 6.07) is 12.0. The summed E-state index contributed by atoms with van der Waals surface area (Å²) < 4.78 is 12.9. The van der Waals surface area contributed by atoms with E-state index in [4.69, 9.17) is 21.7 Å². The number of carbonyl (C=O) groups excluding carboxylic acids is 1. The number of ether oxygens (including phenoxy) is 2. The van der Waals surface area contributed by atoms with Gasteiger partial charge in [-0.2, -0.15) is 0 Å². The van der Waals surface area contributed by atoms with Crippen molar-refractivity contribution < 1.29 is 14.3 Å². The van der Waals surface area contributed by atoms with E-state index >= 15 is 0 Å². The van der Waals surface area contributed by atoms with Crippen molar-refractivity contribution in [2.75, 3.05) is 7.11 Å². The Bertz CT molecular complexity index is 894. The third-order valence-corrected chi connectivity index (χ3v) is 5.66. The maximum Gasteiger partial charge on any atom is 0.263 e. The first kappa shape index (κ1) is 19.2. The third-order valence-electron chi connectivity index (χ3n) is 3.70. The van der Waals surface area contributed by atoms with Crippen molar-refractivity contribution in [3.8, 4) is 11.5 Å². The number of benzene rings is 2. The van der Waals surface area contributed by atoms with Gasteiger partial charge in [0.05, 0.1) is 15.6 Å². The molecule has 7 heteroatoms. The van der Waals surface area contributed by atoms with Crippen LogP contribution in [0, 0.1) is 10.5 Å². The van der Waals surface area contributed by atoms with Gasteiger partial charge in [-0.3, -0.25) is 4.79 Å². The number of methoxy groups -OCH3 is 1. The summed E-state index contributed by atoms with van der Waals surface area (Å²) in [6.07, 6.45) is 1.80. The molecule has 2 aromatic carbocycles. The first-order valence-corrected chi connectivity index (χ1v) is 10.1. The van der Waals surface area contributed by atoms with Gasteiger partial charge in [0.25, 0.3) is 5.91 Å². The molecule has 0 radical (unpaired) electrons. The lowest BCUT2D eigenvalue weighted by atomic mass is 10.1. The molecular formula is C19H16INO3S2. The molecule has 1 amide bonds. The second-order valence-corrected chi connectivity index (χ2v) is 8.54. The molecule has 1 heterocycles. The van der Waals surface area contributed by atoms with Crippen LogP contribution in [0.1, 0.15) is 16.7 Å². The zero-order chi connectivity index (χ0) is 18.7. The molecule has 3 rings (SSSR count). The van der Waals surface area contributed by atoms with Crippen LogP contribution >= 0.6 is 46.6 Å². The van der Waals surface area contributed by atoms with E-state index < -0.39 is 0 Å². The molecule has 0 unspecified atom stereocenters. The van der Waals surface area contributed by atoms with Crippen LogP contribution in [0.2, 0.25) is 0 Å². The van der Waals surface area contributed by atoms with Crippen molar-refractivity contribution in [2.45, 2.75) is 13.5 Å². The molecule has 1 N–H and O–H groups in total. The molecule has 1 fully saturated rings. The average Bonchev–Trinajstić information content (AvgIpc) is 2.92. The monoisotopic (exact) mass is 497 g/mol. The standard InChI is InChI=1S/C19H16INO3S2/c1-11-3-5-12(6-4-11)10-24-17-14(20)7-13(8-15(17)23-2)9-16-18(22)21-19(25)26-16/h3-9H,10H2,1-2H3,(H,21,22,25). The largest absolute Gasteiger partial charge is 0.493 e. The molecule has 0 atom stereocenters. The molecule has 0 bridgehead atoms. The summed E-state index contributed by atoms with van der Waals surface area (Å²) >= 11 is 8.49. The minimum Gasteiger partial charge on any atom is -0.493 e. The minimum atomic E-state index is -0.173. The highest BCUT2D eigenvalue weighted by Crippen LogP contribution is 2.36. The number of aryl methyl sites for hydroxylation is 1. The highest BCUT2D eigenvalue weighted by Gasteiger charge is 2.22. The molecule has 1 saturated heterocycles. The van der Waals surface area contributed by atoms with Gasteiger partial charge in [0.15, 0.2) is 11.5 Å². The van der Waals surface area contributed by atoms with Gasteiger partial charge < -0.3 is 14.8 Å². The Hall–Kier alpha value is -1.58. The summed E-state index contributed by atoms with van der Waals surface area (Å²) in [5.74, 6) is 1.14. The van der Waals surface area contributed by atoms with Crippen molar-refractivity contribution in [1.29, 1.82) is 0 Å². The fourth-order valence-corrected chi connectivity index (χ4v) is 4.20. The van der Waals surface area contributed by atoms with Gasteiger partial charge in [0, 0.05) is 0 Å². The van der Waals surface area contributed by atoms with Gasteiger partial charge in [0.1, 0.15) is 10.9 Å². The normalized spacial score (nSPS) is 15.3. The third kappa shape index (κ3) is 4.57. The van der Waals surface area contributed by atoms with Crippen LogP contribution in [0.5, 0.6) is 11.5 Å². The van der Waals surface area contributed by atoms with Gasteiger partial charge in [-0.05, 0) is 58.9 Å². The van der Waals surface area contributed by atoms with Gasteiger partial charge in [0.2, 0.25) is 0 Å². The van der Waals surface area contributed by atoms with E-state index in [-0.39, 0.29) is 5.91 Å². The molecule has 0 aliphatic carbocycles. The Labute approximate surface area is 175 Å². The van der Waals surface area contributed by atoms with Crippen molar-refractivity contribution in [3.63, 3.8) is 0 Å². The number of carbonyl (C=O) groups is 1. The molecule has 1 aliphatic rings. The Balaban J connectivity index is 1.83. The first-order valence-electron chi connectivity index (χ1n) is 7.77. The summed E-state index contributed by atoms with van der Waals surface area (Å²) in [5, 5.41) is 2.61. The number of hydrogen-bond acceptors (Lipinski definition) is 5. The van der Waals surface area contributed by atoms with Crippen LogP contribution in [0.25, 0.3) is 6.08 Å². The lowest BCUT2D eigenvalue weighted by Crippen LogP contribution is -2.17. The predicted molar refractivity (Wildman–Crippen MR) is 118 cm³/mol. The molecule has 0 spiro atoms. The zero-order valence-corrected chi connectivity index (χ0v) is 18.0. The van der Waals surface area contributed by atoms with Gasteiger partial charge in [-0.1, -0.05) is 53.8 Å². The van der Waals surface area contributed by atoms with Gasteiger partial charge in [-0.25, -0.2) is 0 Å². The van der Waals surface area contributed by atoms with Gasteiger partial charge >= 0.3 is 0 Å². The van der Waals surface area contributed by atoms with Crippen molar-refractivity contribution in [3.05, 3.63) is 61.6 Å². The summed E-state index contributed by atoms with van der Waals surface area (Å²) in [4.78, 5) is 12.4. The topological polar surface area (TPSA) is 47.6 Å². The number of amides is 1. The van der Waals surface area contributed by atoms with Crippen molar-refractivity contribution >= 4 is 62.9 Å². The second kappa shape index (κ2) is 8.41. The average molecular weight is 497 g/mol. The Morgan fingerprint density at radius 3 is 2.62 bits per heavy atom. The lowest BCUT2D eigenvalue weighted by Gasteiger charge is -2.14. The summed E-state index contributed by atoms with van der Waals surface area (Å²) in [5.41, 5.74) is 3.16. The molecule has 134 valence electrons. The highest BCUT2D eigenvalue weighted by molar-refractivity contribution is 14.1. The predicted octanol–water partition coefficient (Wildman–Crippen LogP) is 4.68. The van der Waals surface area contributed by atoms with E-state index in [1.165, 1.54) is 17.3 Å². The van der Waals surface area contributed by atoms with Crippen molar-refractivity contribution in [1.82, 2.24) is 5.32 Å². The summed E-state index contributed by atoms with van der Waals surface area (Å²) in [6.45, 7) is 2.51. The number of rotatable bonds is 5. The van der Waals surface area contributed by atoms with Crippen LogP contribution in [0.15, 0.2) is 41.3 Å². The molecule has 0 aromatic heterocycles. The lowest BCUT2D eigenvalue weighted by molar-refractivity contribution is -0.115. The van der Waals surface area contributed by atoms with Crippen LogP contribution in [-0.4, -0.2) is 17.3 Å². The highest BCUT2D eigenvalue weighted by atomic mass is 127. The molecule has 2 aromatic rings. The quantitative estimate of drug-likeness (QED) is 0.370. The van der Waals surface area contributed by atoms with Crippen LogP contribution in [0.4, 0.5) is 0 Å². The number of thiocarbonyl (C=S) groups is 1. The van der Waals surface area contributed by atoms with Crippen LogP contribution in [-0.2, 0) is 11.4 Å². The van der Waals surface area contributed by atoms with E-state index in [0.29, 0.717) is 27.3 Å². The number of halogens is 1. The molecule has 4 nitrogen and oxygen atoms in total. The van der Waals surface area contributed by atoms with E-state index in [9.17, 15) is 4.79 Å². The second-order valence-electron chi connectivity index (χ2n) is 5.66. The van der Waals surface area contributed by atoms with Crippen molar-refractivity contribution in [2.24, 2.45) is 0 Å². The molecular weight excluding hydrogens is 481 g/mol. The molecule has 26 heavy (non-hydrogen) atoms. The Kier molecular flexibility index (Phi) is 6.20. The van der Waals surface area contributed by atoms with E-state index in [1.807, 2.05) is 24.3 Å².